The predicted molar refractivity (Wildman–Crippen MR) is 216 cm³/mol. The van der Waals surface area contributed by atoms with Gasteiger partial charge in [-0.05, 0) is 130 Å². The first kappa shape index (κ1) is 41.3. The number of benzene rings is 3. The molecule has 5 N–H and O–H groups in total. The van der Waals surface area contributed by atoms with E-state index in [1.165, 1.54) is 0 Å². The van der Waals surface area contributed by atoms with E-state index in [0.29, 0.717) is 43.0 Å². The lowest BCUT2D eigenvalue weighted by Gasteiger charge is -2.29. The number of likely N-dealkylation sites (N-methyl/N-ethyl adjacent to an activating group) is 1. The summed E-state index contributed by atoms with van der Waals surface area (Å²) in [5.74, 6) is -0.247. The molecule has 14 heteroatoms. The number of rotatable bonds is 15. The minimum Gasteiger partial charge on any atom is -0.444 e. The normalized spacial score (nSPS) is 16.0. The number of hydrogen-bond donors (Lipinski definition) is 5. The molecular weight excluding hydrogens is 711 g/mol. The largest absolute Gasteiger partial charge is 0.444 e. The van der Waals surface area contributed by atoms with Crippen molar-refractivity contribution in [2.75, 3.05) is 39.0 Å². The fourth-order valence-corrected chi connectivity index (χ4v) is 6.57. The van der Waals surface area contributed by atoms with Crippen molar-refractivity contribution in [3.8, 4) is 22.5 Å². The molecule has 1 aliphatic carbocycles. The second-order valence-corrected chi connectivity index (χ2v) is 15.4. The lowest BCUT2D eigenvalue weighted by molar-refractivity contribution is -0.130. The first-order valence-electron chi connectivity index (χ1n) is 19.0. The lowest BCUT2D eigenvalue weighted by Crippen LogP contribution is -2.48. The number of amides is 4. The number of hydrogen-bond acceptors (Lipinski definition) is 9. The molecule has 0 unspecified atom stereocenters. The van der Waals surface area contributed by atoms with Crippen LogP contribution in [-0.2, 0) is 20.7 Å². The number of alkyl carbamates (subject to hydrolysis) is 1. The van der Waals surface area contributed by atoms with Gasteiger partial charge in [-0.15, -0.1) is 10.2 Å². The third-order valence-corrected chi connectivity index (χ3v) is 9.62. The molecule has 14 nitrogen and oxygen atoms in total. The second kappa shape index (κ2) is 19.1. The molecule has 1 atom stereocenters. The molecule has 0 aliphatic heterocycles. The molecule has 0 bridgehead atoms. The summed E-state index contributed by atoms with van der Waals surface area (Å²) < 4.78 is 5.36. The number of carbonyl (C=O) groups excluding carboxylic acids is 4. The van der Waals surface area contributed by atoms with E-state index < -0.39 is 17.7 Å². The number of carbonyl (C=O) groups is 4. The van der Waals surface area contributed by atoms with Crippen LogP contribution < -0.4 is 21.3 Å². The standard InChI is InChI=1S/C42H53N9O5/c1-7-29-25-33(38(52)43-22-23-51(5)6)18-21-35(29)30-12-8-27(9-13-30)24-36(40(54)45-34-19-16-31(17-20-34)37-47-49-50-48-37)46-39(53)32-14-10-28(11-15-32)26-44-41(55)56-42(2,3)4/h7-9,12-13,16-21,25,28,32,36H,1,10-11,14-15,22-24,26H2,2-6H3,(H,43,52)(H,44,55)(H,45,54)(H,46,53)(H,47,48,49,50)/t28?,32?,36-/m0/s1. The van der Waals surface area contributed by atoms with Crippen molar-refractivity contribution < 1.29 is 23.9 Å². The van der Waals surface area contributed by atoms with E-state index in [-0.39, 0.29) is 36.0 Å². The highest BCUT2D eigenvalue weighted by atomic mass is 16.6. The van der Waals surface area contributed by atoms with Crippen molar-refractivity contribution in [2.24, 2.45) is 11.8 Å². The average molecular weight is 764 g/mol. The Hall–Kier alpha value is -5.89. The number of ether oxygens (including phenoxy) is 1. The molecule has 4 amide bonds. The summed E-state index contributed by atoms with van der Waals surface area (Å²) in [6.45, 7) is 11.2. The summed E-state index contributed by atoms with van der Waals surface area (Å²) in [4.78, 5) is 54.4. The van der Waals surface area contributed by atoms with Crippen LogP contribution in [0, 0.1) is 11.8 Å². The van der Waals surface area contributed by atoms with Crippen molar-refractivity contribution in [2.45, 2.75) is 64.5 Å². The second-order valence-electron chi connectivity index (χ2n) is 15.4. The minimum absolute atomic E-state index is 0.144. The van der Waals surface area contributed by atoms with E-state index in [4.69, 9.17) is 4.74 Å². The predicted octanol–water partition coefficient (Wildman–Crippen LogP) is 5.47. The highest BCUT2D eigenvalue weighted by Gasteiger charge is 2.30. The Morgan fingerprint density at radius 2 is 1.64 bits per heavy atom. The van der Waals surface area contributed by atoms with E-state index in [1.807, 2.05) is 76.2 Å². The lowest BCUT2D eigenvalue weighted by atomic mass is 9.81. The Morgan fingerprint density at radius 1 is 0.946 bits per heavy atom. The molecule has 0 radical (unpaired) electrons. The summed E-state index contributed by atoms with van der Waals surface area (Å²) in [5, 5.41) is 25.8. The van der Waals surface area contributed by atoms with E-state index in [1.54, 1.807) is 36.4 Å². The number of anilines is 1. The summed E-state index contributed by atoms with van der Waals surface area (Å²) in [7, 11) is 3.91. The van der Waals surface area contributed by atoms with E-state index in [2.05, 4.69) is 48.5 Å². The van der Waals surface area contributed by atoms with Gasteiger partial charge in [0.25, 0.3) is 5.91 Å². The fraction of sp³-hybridized carbons (Fsp3) is 0.405. The van der Waals surface area contributed by atoms with Crippen LogP contribution in [0.4, 0.5) is 10.5 Å². The fourth-order valence-electron chi connectivity index (χ4n) is 6.57. The van der Waals surface area contributed by atoms with Gasteiger partial charge >= 0.3 is 6.09 Å². The van der Waals surface area contributed by atoms with Gasteiger partial charge in [0, 0.05) is 48.8 Å². The van der Waals surface area contributed by atoms with E-state index >= 15 is 0 Å². The number of tetrazole rings is 1. The molecule has 1 aromatic heterocycles. The number of nitrogens with zero attached hydrogens (tertiary/aromatic N) is 4. The number of H-pyrrole nitrogens is 1. The summed E-state index contributed by atoms with van der Waals surface area (Å²) in [5.41, 5.74) is 4.79. The zero-order valence-corrected chi connectivity index (χ0v) is 32.9. The quantitative estimate of drug-likeness (QED) is 0.105. The van der Waals surface area contributed by atoms with Gasteiger partial charge in [-0.2, -0.15) is 5.21 Å². The zero-order valence-electron chi connectivity index (χ0n) is 32.9. The molecule has 1 heterocycles. The van der Waals surface area contributed by atoms with Crippen LogP contribution in [0.15, 0.2) is 73.3 Å². The Bertz CT molecular complexity index is 1950. The van der Waals surface area contributed by atoms with E-state index in [0.717, 1.165) is 47.2 Å². The molecular formula is C42H53N9O5. The van der Waals surface area contributed by atoms with Gasteiger partial charge in [-0.25, -0.2) is 4.79 Å². The molecule has 1 saturated carbocycles. The molecule has 296 valence electrons. The number of aromatic nitrogens is 4. The van der Waals surface area contributed by atoms with Crippen molar-refractivity contribution in [1.29, 1.82) is 0 Å². The molecule has 1 fully saturated rings. The number of aromatic amines is 1. The van der Waals surface area contributed by atoms with Crippen molar-refractivity contribution in [3.05, 3.63) is 90.0 Å². The third-order valence-electron chi connectivity index (χ3n) is 9.62. The van der Waals surface area contributed by atoms with Crippen molar-refractivity contribution >= 4 is 35.6 Å². The molecule has 4 aromatic rings. The van der Waals surface area contributed by atoms with E-state index in [9.17, 15) is 19.2 Å². The molecule has 0 saturated heterocycles. The Kier molecular flexibility index (Phi) is 14.1. The van der Waals surface area contributed by atoms with Gasteiger partial charge in [0.15, 0.2) is 0 Å². The van der Waals surface area contributed by atoms with Gasteiger partial charge in [-0.1, -0.05) is 43.0 Å². The average Bonchev–Trinajstić information content (AvgIpc) is 3.72. The highest BCUT2D eigenvalue weighted by Crippen LogP contribution is 2.30. The zero-order chi connectivity index (χ0) is 40.2. The first-order valence-corrected chi connectivity index (χ1v) is 19.0. The van der Waals surface area contributed by atoms with Gasteiger partial charge in [0.1, 0.15) is 11.6 Å². The Morgan fingerprint density at radius 3 is 2.27 bits per heavy atom. The molecule has 3 aromatic carbocycles. The van der Waals surface area contributed by atoms with Gasteiger partial charge < -0.3 is 30.9 Å². The third kappa shape index (κ3) is 12.1. The number of nitrogens with one attached hydrogen (secondary N) is 5. The summed E-state index contributed by atoms with van der Waals surface area (Å²) in [6.07, 6.45) is 4.38. The van der Waals surface area contributed by atoms with Crippen molar-refractivity contribution in [3.63, 3.8) is 0 Å². The molecule has 56 heavy (non-hydrogen) atoms. The maximum Gasteiger partial charge on any atom is 0.407 e. The maximum atomic E-state index is 13.8. The topological polar surface area (TPSA) is 183 Å². The molecule has 0 spiro atoms. The molecule has 1 aliphatic rings. The minimum atomic E-state index is -0.856. The SMILES string of the molecule is C=Cc1cc(C(=O)NCCN(C)C)ccc1-c1ccc(C[C@H](NC(=O)C2CCC(CNC(=O)OC(C)(C)C)CC2)C(=O)Nc2ccc(-c3nn[nH]n3)cc2)cc1. The van der Waals surface area contributed by atoms with Crippen LogP contribution in [0.2, 0.25) is 0 Å². The van der Waals surface area contributed by atoms with Crippen LogP contribution in [-0.4, -0.2) is 94.7 Å². The smallest absolute Gasteiger partial charge is 0.407 e. The Labute approximate surface area is 328 Å². The van der Waals surface area contributed by atoms with Crippen LogP contribution in [0.25, 0.3) is 28.6 Å². The van der Waals surface area contributed by atoms with Crippen LogP contribution in [0.5, 0.6) is 0 Å². The first-order chi connectivity index (χ1) is 26.8. The summed E-state index contributed by atoms with van der Waals surface area (Å²) in [6, 6.07) is 19.6. The van der Waals surface area contributed by atoms with Crippen molar-refractivity contribution in [1.82, 2.24) is 41.5 Å². The summed E-state index contributed by atoms with van der Waals surface area (Å²) >= 11 is 0. The Balaban J connectivity index is 1.26. The van der Waals surface area contributed by atoms with Crippen LogP contribution in [0.1, 0.15) is 67.9 Å². The van der Waals surface area contributed by atoms with Crippen LogP contribution in [0.3, 0.4) is 0 Å². The molecule has 5 rings (SSSR count). The van der Waals surface area contributed by atoms with Crippen LogP contribution >= 0.6 is 0 Å². The van der Waals surface area contributed by atoms with Gasteiger partial charge in [-0.3, -0.25) is 14.4 Å². The van der Waals surface area contributed by atoms with Gasteiger partial charge in [0.2, 0.25) is 17.6 Å². The highest BCUT2D eigenvalue weighted by molar-refractivity contribution is 5.98. The monoisotopic (exact) mass is 763 g/mol. The van der Waals surface area contributed by atoms with Gasteiger partial charge in [0.05, 0.1) is 0 Å². The maximum absolute atomic E-state index is 13.8.